The second-order valence-electron chi connectivity index (χ2n) is 4.50. The lowest BCUT2D eigenvalue weighted by Crippen LogP contribution is -2.45. The molecule has 0 aliphatic rings. The molecule has 0 aromatic carbocycles. The van der Waals surface area contributed by atoms with E-state index >= 15 is 0 Å². The molecule has 0 spiro atoms. The van der Waals surface area contributed by atoms with E-state index in [0.29, 0.717) is 0 Å². The molecule has 0 atom stereocenters. The first-order valence-corrected chi connectivity index (χ1v) is 4.85. The first kappa shape index (κ1) is 11.0. The van der Waals surface area contributed by atoms with E-state index in [1.807, 2.05) is 18.3 Å². The highest BCUT2D eigenvalue weighted by Crippen LogP contribution is 2.03. The van der Waals surface area contributed by atoms with Crippen LogP contribution in [-0.2, 0) is 6.54 Å². The second kappa shape index (κ2) is 4.42. The van der Waals surface area contributed by atoms with E-state index in [0.717, 1.165) is 23.3 Å². The average molecular weight is 196 g/mol. The van der Waals surface area contributed by atoms with Gasteiger partial charge in [-0.05, 0) is 6.07 Å². The summed E-state index contributed by atoms with van der Waals surface area (Å²) >= 11 is 0. The van der Waals surface area contributed by atoms with E-state index in [1.54, 1.807) is 7.11 Å². The molecule has 0 N–H and O–H groups in total. The van der Waals surface area contributed by atoms with Crippen LogP contribution in [0.25, 0.3) is 0 Å². The van der Waals surface area contributed by atoms with Crippen LogP contribution in [0.2, 0.25) is 0 Å². The number of hydrogen-bond acceptors (Lipinski definition) is 1. The third-order valence-corrected chi connectivity index (χ3v) is 2.10. The van der Waals surface area contributed by atoms with Crippen molar-refractivity contribution in [2.45, 2.75) is 6.54 Å². The number of quaternary nitrogens is 1. The standard InChI is InChI=1S/C11H20N2O/c1-13(2,3)9-8-12-7-5-6-11(10-12)14-4/h5-7,10H,8-9H2,1-4H3/q+2. The Morgan fingerprint density at radius 1 is 1.36 bits per heavy atom. The Bertz CT molecular complexity index is 292. The molecule has 1 aromatic heterocycles. The van der Waals surface area contributed by atoms with Gasteiger partial charge < -0.3 is 9.22 Å². The van der Waals surface area contributed by atoms with Gasteiger partial charge in [-0.2, -0.15) is 4.57 Å². The number of likely N-dealkylation sites (N-methyl/N-ethyl adjacent to an activating group) is 1. The summed E-state index contributed by atoms with van der Waals surface area (Å²) in [7, 11) is 8.28. The van der Waals surface area contributed by atoms with E-state index < -0.39 is 0 Å². The highest BCUT2D eigenvalue weighted by atomic mass is 16.5. The maximum atomic E-state index is 5.16. The van der Waals surface area contributed by atoms with Crippen molar-refractivity contribution in [3.8, 4) is 5.75 Å². The summed E-state index contributed by atoms with van der Waals surface area (Å²) in [4.78, 5) is 0. The summed E-state index contributed by atoms with van der Waals surface area (Å²) in [5.74, 6) is 0.911. The van der Waals surface area contributed by atoms with Gasteiger partial charge in [-0.3, -0.25) is 0 Å². The van der Waals surface area contributed by atoms with Gasteiger partial charge in [-0.1, -0.05) is 0 Å². The van der Waals surface area contributed by atoms with Gasteiger partial charge in [-0.15, -0.1) is 0 Å². The molecule has 3 heteroatoms. The minimum Gasteiger partial charge on any atom is -0.491 e. The van der Waals surface area contributed by atoms with Gasteiger partial charge >= 0.3 is 0 Å². The number of nitrogens with zero attached hydrogens (tertiary/aromatic N) is 2. The number of hydrogen-bond donors (Lipinski definition) is 0. The third-order valence-electron chi connectivity index (χ3n) is 2.10. The van der Waals surface area contributed by atoms with Crippen LogP contribution in [0.5, 0.6) is 5.75 Å². The van der Waals surface area contributed by atoms with Gasteiger partial charge in [0.2, 0.25) is 6.20 Å². The molecule has 0 amide bonds. The van der Waals surface area contributed by atoms with Crippen LogP contribution in [0.3, 0.4) is 0 Å². The summed E-state index contributed by atoms with van der Waals surface area (Å²) in [5, 5.41) is 0. The maximum absolute atomic E-state index is 5.16. The molecule has 0 unspecified atom stereocenters. The highest BCUT2D eigenvalue weighted by Gasteiger charge is 2.11. The molecule has 0 fully saturated rings. The SMILES string of the molecule is COc1ccc[n+](CC[N+](C)(C)C)c1. The number of rotatable bonds is 4. The Morgan fingerprint density at radius 2 is 2.07 bits per heavy atom. The van der Waals surface area contributed by atoms with Crippen molar-refractivity contribution in [2.75, 3.05) is 34.8 Å². The fraction of sp³-hybridized carbons (Fsp3) is 0.545. The van der Waals surface area contributed by atoms with Crippen molar-refractivity contribution in [2.24, 2.45) is 0 Å². The molecule has 0 aliphatic heterocycles. The predicted octanol–water partition coefficient (Wildman–Crippen LogP) is 0.689. The molecule has 1 heterocycles. The van der Waals surface area contributed by atoms with Crippen LogP contribution in [0.15, 0.2) is 24.5 Å². The van der Waals surface area contributed by atoms with E-state index in [4.69, 9.17) is 4.74 Å². The molecule has 1 aromatic rings. The third kappa shape index (κ3) is 3.75. The topological polar surface area (TPSA) is 13.1 Å². The van der Waals surface area contributed by atoms with Gasteiger partial charge in [-0.25, -0.2) is 0 Å². The largest absolute Gasteiger partial charge is 0.491 e. The van der Waals surface area contributed by atoms with E-state index in [-0.39, 0.29) is 0 Å². The molecular weight excluding hydrogens is 176 g/mol. The van der Waals surface area contributed by atoms with Gasteiger partial charge in [0.15, 0.2) is 18.5 Å². The Hall–Kier alpha value is -1.09. The molecule has 1 rings (SSSR count). The fourth-order valence-electron chi connectivity index (χ4n) is 1.17. The zero-order chi connectivity index (χ0) is 10.6. The quantitative estimate of drug-likeness (QED) is 0.510. The zero-order valence-electron chi connectivity index (χ0n) is 9.53. The van der Waals surface area contributed by atoms with Crippen LogP contribution in [0.4, 0.5) is 0 Å². The van der Waals surface area contributed by atoms with Crippen molar-refractivity contribution in [3.05, 3.63) is 24.5 Å². The molecule has 0 radical (unpaired) electrons. The number of ether oxygens (including phenoxy) is 1. The molecule has 0 saturated carbocycles. The van der Waals surface area contributed by atoms with Crippen LogP contribution in [0.1, 0.15) is 0 Å². The summed E-state index contributed by atoms with van der Waals surface area (Å²) in [5.41, 5.74) is 0. The molecule has 0 saturated heterocycles. The second-order valence-corrected chi connectivity index (χ2v) is 4.50. The van der Waals surface area contributed by atoms with Crippen LogP contribution < -0.4 is 9.30 Å². The zero-order valence-corrected chi connectivity index (χ0v) is 9.53. The van der Waals surface area contributed by atoms with Crippen LogP contribution in [0, 0.1) is 0 Å². The molecule has 0 bridgehead atoms. The van der Waals surface area contributed by atoms with E-state index in [2.05, 4.69) is 31.9 Å². The minimum atomic E-state index is 0.911. The summed E-state index contributed by atoms with van der Waals surface area (Å²) in [6.45, 7) is 2.12. The first-order chi connectivity index (χ1) is 6.51. The lowest BCUT2D eigenvalue weighted by molar-refractivity contribution is -0.892. The molecule has 0 aliphatic carbocycles. The first-order valence-electron chi connectivity index (χ1n) is 4.85. The summed E-state index contributed by atoms with van der Waals surface area (Å²) < 4.78 is 8.29. The normalized spacial score (nSPS) is 11.4. The number of aromatic nitrogens is 1. The monoisotopic (exact) mass is 196 g/mol. The van der Waals surface area contributed by atoms with Gasteiger partial charge in [0.25, 0.3) is 0 Å². The molecule has 14 heavy (non-hydrogen) atoms. The van der Waals surface area contributed by atoms with Gasteiger partial charge in [0.05, 0.1) is 28.3 Å². The van der Waals surface area contributed by atoms with Gasteiger partial charge in [0, 0.05) is 6.07 Å². The summed E-state index contributed by atoms with van der Waals surface area (Å²) in [6.07, 6.45) is 4.09. The van der Waals surface area contributed by atoms with E-state index in [9.17, 15) is 0 Å². The van der Waals surface area contributed by atoms with Crippen LogP contribution in [-0.4, -0.2) is 39.3 Å². The molecular formula is C11H20N2O+2. The smallest absolute Gasteiger partial charge is 0.211 e. The number of pyridine rings is 1. The van der Waals surface area contributed by atoms with Gasteiger partial charge in [0.1, 0.15) is 6.54 Å². The number of methoxy groups -OCH3 is 1. The lowest BCUT2D eigenvalue weighted by atomic mass is 10.4. The molecule has 78 valence electrons. The summed E-state index contributed by atoms with van der Waals surface area (Å²) in [6, 6.07) is 3.97. The minimum absolute atomic E-state index is 0.911. The van der Waals surface area contributed by atoms with Crippen molar-refractivity contribution < 1.29 is 13.8 Å². The average Bonchev–Trinajstić information content (AvgIpc) is 2.14. The Kier molecular flexibility index (Phi) is 3.47. The Morgan fingerprint density at radius 3 is 2.64 bits per heavy atom. The van der Waals surface area contributed by atoms with Crippen molar-refractivity contribution >= 4 is 0 Å². The van der Waals surface area contributed by atoms with Crippen molar-refractivity contribution in [1.29, 1.82) is 0 Å². The highest BCUT2D eigenvalue weighted by molar-refractivity contribution is 5.11. The van der Waals surface area contributed by atoms with Crippen molar-refractivity contribution in [1.82, 2.24) is 0 Å². The van der Waals surface area contributed by atoms with E-state index in [1.165, 1.54) is 0 Å². The fourth-order valence-corrected chi connectivity index (χ4v) is 1.17. The maximum Gasteiger partial charge on any atom is 0.211 e. The Balaban J connectivity index is 2.59. The Labute approximate surface area is 86.1 Å². The molecule has 3 nitrogen and oxygen atoms in total. The van der Waals surface area contributed by atoms with Crippen molar-refractivity contribution in [3.63, 3.8) is 0 Å². The predicted molar refractivity (Wildman–Crippen MR) is 56.1 cm³/mol. The lowest BCUT2D eigenvalue weighted by Gasteiger charge is -2.21. The van der Waals surface area contributed by atoms with Crippen LogP contribution >= 0.6 is 0 Å².